The predicted molar refractivity (Wildman–Crippen MR) is 78.0 cm³/mol. The normalized spacial score (nSPS) is 21.0. The fourth-order valence-electron chi connectivity index (χ4n) is 3.02. The third-order valence-corrected chi connectivity index (χ3v) is 5.54. The van der Waals surface area contributed by atoms with Gasteiger partial charge in [-0.3, -0.25) is 9.59 Å². The van der Waals surface area contributed by atoms with Crippen molar-refractivity contribution in [1.29, 1.82) is 0 Å². The van der Waals surface area contributed by atoms with Crippen LogP contribution in [0.1, 0.15) is 25.7 Å². The molecular weight excluding hydrogens is 294 g/mol. The minimum atomic E-state index is -3.38. The van der Waals surface area contributed by atoms with E-state index in [1.54, 1.807) is 9.80 Å². The molecule has 2 fully saturated rings. The summed E-state index contributed by atoms with van der Waals surface area (Å²) in [6.07, 6.45) is 5.65. The van der Waals surface area contributed by atoms with E-state index in [9.17, 15) is 18.0 Å². The standard InChI is InChI=1S/C13H23N3O4S/c1-21(19,20)16(12-4-2-3-5-12)10-13(18)15-8-6-14(11-17)7-9-15/h11-12H,2-10H2,1H3. The molecule has 2 rings (SSSR count). The summed E-state index contributed by atoms with van der Waals surface area (Å²) < 4.78 is 25.2. The summed E-state index contributed by atoms with van der Waals surface area (Å²) in [4.78, 5) is 26.2. The third kappa shape index (κ3) is 4.16. The molecule has 0 radical (unpaired) electrons. The van der Waals surface area contributed by atoms with E-state index in [1.165, 1.54) is 10.6 Å². The number of piperazine rings is 1. The zero-order valence-electron chi connectivity index (χ0n) is 12.4. The molecule has 1 saturated carbocycles. The van der Waals surface area contributed by atoms with E-state index in [2.05, 4.69) is 0 Å². The largest absolute Gasteiger partial charge is 0.342 e. The van der Waals surface area contributed by atoms with E-state index in [0.29, 0.717) is 26.2 Å². The molecule has 0 bridgehead atoms. The van der Waals surface area contributed by atoms with Crippen LogP contribution in [0.3, 0.4) is 0 Å². The Hall–Kier alpha value is -1.15. The van der Waals surface area contributed by atoms with Crippen LogP contribution in [0.15, 0.2) is 0 Å². The van der Waals surface area contributed by atoms with E-state index in [1.807, 2.05) is 0 Å². The SMILES string of the molecule is CS(=O)(=O)N(CC(=O)N1CCN(C=O)CC1)C1CCCC1. The monoisotopic (exact) mass is 317 g/mol. The van der Waals surface area contributed by atoms with Crippen molar-refractivity contribution in [3.8, 4) is 0 Å². The van der Waals surface area contributed by atoms with Crippen molar-refractivity contribution < 1.29 is 18.0 Å². The van der Waals surface area contributed by atoms with E-state index in [-0.39, 0.29) is 18.5 Å². The first kappa shape index (κ1) is 16.2. The van der Waals surface area contributed by atoms with Gasteiger partial charge in [0.15, 0.2) is 0 Å². The van der Waals surface area contributed by atoms with Crippen LogP contribution in [-0.2, 0) is 19.6 Å². The Morgan fingerprint density at radius 3 is 2.24 bits per heavy atom. The number of sulfonamides is 1. The van der Waals surface area contributed by atoms with Crippen molar-refractivity contribution in [2.24, 2.45) is 0 Å². The minimum Gasteiger partial charge on any atom is -0.342 e. The highest BCUT2D eigenvalue weighted by Gasteiger charge is 2.32. The lowest BCUT2D eigenvalue weighted by atomic mass is 10.2. The molecular formula is C13H23N3O4S. The number of nitrogens with zero attached hydrogens (tertiary/aromatic N) is 3. The highest BCUT2D eigenvalue weighted by Crippen LogP contribution is 2.25. The summed E-state index contributed by atoms with van der Waals surface area (Å²) in [5, 5.41) is 0. The van der Waals surface area contributed by atoms with Crippen molar-refractivity contribution in [3.63, 3.8) is 0 Å². The van der Waals surface area contributed by atoms with Gasteiger partial charge < -0.3 is 9.80 Å². The van der Waals surface area contributed by atoms with Crippen LogP contribution in [0.25, 0.3) is 0 Å². The van der Waals surface area contributed by atoms with Gasteiger partial charge in [0.05, 0.1) is 12.8 Å². The molecule has 7 nitrogen and oxygen atoms in total. The number of amides is 2. The summed E-state index contributed by atoms with van der Waals surface area (Å²) in [6.45, 7) is 1.89. The van der Waals surface area contributed by atoms with Gasteiger partial charge >= 0.3 is 0 Å². The molecule has 0 aromatic rings. The molecule has 120 valence electrons. The number of carbonyl (C=O) groups is 2. The average molecular weight is 317 g/mol. The molecule has 1 heterocycles. The Morgan fingerprint density at radius 2 is 1.76 bits per heavy atom. The van der Waals surface area contributed by atoms with Crippen LogP contribution in [0.5, 0.6) is 0 Å². The lowest BCUT2D eigenvalue weighted by Crippen LogP contribution is -2.52. The first-order valence-corrected chi connectivity index (χ1v) is 9.20. The number of hydrogen-bond donors (Lipinski definition) is 0. The van der Waals surface area contributed by atoms with Crippen molar-refractivity contribution >= 4 is 22.3 Å². The molecule has 0 atom stereocenters. The molecule has 0 N–H and O–H groups in total. The average Bonchev–Trinajstić information content (AvgIpc) is 2.97. The maximum atomic E-state index is 12.3. The Kier molecular flexibility index (Phi) is 5.21. The maximum Gasteiger partial charge on any atom is 0.238 e. The van der Waals surface area contributed by atoms with Gasteiger partial charge in [0.1, 0.15) is 0 Å². The molecule has 0 aromatic heterocycles. The zero-order chi connectivity index (χ0) is 15.5. The van der Waals surface area contributed by atoms with E-state index >= 15 is 0 Å². The second-order valence-corrected chi connectivity index (χ2v) is 7.70. The highest BCUT2D eigenvalue weighted by molar-refractivity contribution is 7.88. The van der Waals surface area contributed by atoms with Gasteiger partial charge in [-0.25, -0.2) is 8.42 Å². The molecule has 21 heavy (non-hydrogen) atoms. The molecule has 0 aromatic carbocycles. The smallest absolute Gasteiger partial charge is 0.238 e. The summed E-state index contributed by atoms with van der Waals surface area (Å²) in [6, 6.07) is -0.0415. The first-order valence-electron chi connectivity index (χ1n) is 7.36. The second-order valence-electron chi connectivity index (χ2n) is 5.77. The van der Waals surface area contributed by atoms with Gasteiger partial charge in [0, 0.05) is 32.2 Å². The van der Waals surface area contributed by atoms with Gasteiger partial charge in [-0.2, -0.15) is 4.31 Å². The van der Waals surface area contributed by atoms with Crippen molar-refractivity contribution in [2.45, 2.75) is 31.7 Å². The summed E-state index contributed by atoms with van der Waals surface area (Å²) in [5.41, 5.74) is 0. The fourth-order valence-corrected chi connectivity index (χ4v) is 4.12. The molecule has 0 spiro atoms. The molecule has 1 aliphatic heterocycles. The summed E-state index contributed by atoms with van der Waals surface area (Å²) in [7, 11) is -3.38. The minimum absolute atomic E-state index is 0.0415. The van der Waals surface area contributed by atoms with Gasteiger partial charge in [-0.15, -0.1) is 0 Å². The van der Waals surface area contributed by atoms with Crippen LogP contribution in [-0.4, -0.2) is 79.9 Å². The van der Waals surface area contributed by atoms with Crippen LogP contribution < -0.4 is 0 Å². The van der Waals surface area contributed by atoms with Crippen LogP contribution in [0.4, 0.5) is 0 Å². The quantitative estimate of drug-likeness (QED) is 0.640. The van der Waals surface area contributed by atoms with Gasteiger partial charge in [0.25, 0.3) is 0 Å². The Bertz CT molecular complexity index is 480. The topological polar surface area (TPSA) is 78.0 Å². The highest BCUT2D eigenvalue weighted by atomic mass is 32.2. The first-order chi connectivity index (χ1) is 9.91. The molecule has 8 heteroatoms. The molecule has 0 unspecified atom stereocenters. The van der Waals surface area contributed by atoms with Crippen molar-refractivity contribution in [1.82, 2.24) is 14.1 Å². The Labute approximate surface area is 125 Å². The summed E-state index contributed by atoms with van der Waals surface area (Å²) in [5.74, 6) is -0.169. The van der Waals surface area contributed by atoms with Crippen molar-refractivity contribution in [2.75, 3.05) is 39.0 Å². The zero-order valence-corrected chi connectivity index (χ0v) is 13.2. The third-order valence-electron chi connectivity index (χ3n) is 4.27. The van der Waals surface area contributed by atoms with Gasteiger partial charge in [-0.05, 0) is 12.8 Å². The maximum absolute atomic E-state index is 12.3. The van der Waals surface area contributed by atoms with Gasteiger partial charge in [-0.1, -0.05) is 12.8 Å². The molecule has 2 aliphatic rings. The predicted octanol–water partition coefficient (Wildman–Crippen LogP) is -0.509. The number of rotatable bonds is 5. The van der Waals surface area contributed by atoms with Crippen LogP contribution in [0, 0.1) is 0 Å². The second kappa shape index (κ2) is 6.74. The van der Waals surface area contributed by atoms with Crippen LogP contribution in [0.2, 0.25) is 0 Å². The van der Waals surface area contributed by atoms with E-state index in [0.717, 1.165) is 32.1 Å². The lowest BCUT2D eigenvalue weighted by Gasteiger charge is -2.34. The molecule has 1 aliphatic carbocycles. The molecule has 1 saturated heterocycles. The number of carbonyl (C=O) groups excluding carboxylic acids is 2. The van der Waals surface area contributed by atoms with E-state index < -0.39 is 10.0 Å². The Balaban J connectivity index is 1.97. The molecule has 2 amide bonds. The number of hydrogen-bond acceptors (Lipinski definition) is 4. The fraction of sp³-hybridized carbons (Fsp3) is 0.846. The van der Waals surface area contributed by atoms with Crippen LogP contribution >= 0.6 is 0 Å². The van der Waals surface area contributed by atoms with E-state index in [4.69, 9.17) is 0 Å². The van der Waals surface area contributed by atoms with Crippen molar-refractivity contribution in [3.05, 3.63) is 0 Å². The summed E-state index contributed by atoms with van der Waals surface area (Å²) >= 11 is 0. The Morgan fingerprint density at radius 1 is 1.19 bits per heavy atom. The lowest BCUT2D eigenvalue weighted by molar-refractivity contribution is -0.135. The van der Waals surface area contributed by atoms with Gasteiger partial charge in [0.2, 0.25) is 22.3 Å².